The van der Waals surface area contributed by atoms with E-state index < -0.39 is 0 Å². The van der Waals surface area contributed by atoms with Gasteiger partial charge in [0.05, 0.1) is 12.5 Å². The molecule has 0 heterocycles. The number of rotatable bonds is 4. The number of hydrogen-bond donors (Lipinski definition) is 2. The maximum atomic E-state index is 5.12. The van der Waals surface area contributed by atoms with Gasteiger partial charge in [0, 0.05) is 11.5 Å². The molecule has 11 heavy (non-hydrogen) atoms. The molecule has 0 aromatic carbocycles. The van der Waals surface area contributed by atoms with Crippen LogP contribution in [0.5, 0.6) is 0 Å². The molecule has 0 bridgehead atoms. The van der Waals surface area contributed by atoms with Crippen molar-refractivity contribution in [3.05, 3.63) is 23.7 Å². The lowest BCUT2D eigenvalue weighted by atomic mass is 10.4. The monoisotopic (exact) mass is 190 g/mol. The van der Waals surface area contributed by atoms with Gasteiger partial charge in [-0.15, -0.1) is 0 Å². The third kappa shape index (κ3) is 6.38. The maximum Gasteiger partial charge on any atom is 0.0898 e. The van der Waals surface area contributed by atoms with Gasteiger partial charge in [-0.3, -0.25) is 0 Å². The molecule has 0 spiro atoms. The molecule has 0 unspecified atom stereocenters. The van der Waals surface area contributed by atoms with Crippen LogP contribution in [0.3, 0.4) is 0 Å². The zero-order chi connectivity index (χ0) is 8.69. The van der Waals surface area contributed by atoms with Crippen LogP contribution in [0, 0.1) is 0 Å². The van der Waals surface area contributed by atoms with Crippen molar-refractivity contribution in [1.29, 1.82) is 0 Å². The summed E-state index contributed by atoms with van der Waals surface area (Å²) in [5.74, 6) is 1.46. The molecule has 1 nitrogen and oxygen atoms in total. The Kier molecular flexibility index (Phi) is 6.66. The van der Waals surface area contributed by atoms with Gasteiger partial charge in [0.25, 0.3) is 0 Å². The summed E-state index contributed by atoms with van der Waals surface area (Å²) in [6, 6.07) is 0. The summed E-state index contributed by atoms with van der Waals surface area (Å²) in [5, 5.41) is 0. The average molecular weight is 190 g/mol. The van der Waals surface area contributed by atoms with E-state index in [4.69, 9.17) is 4.74 Å². The van der Waals surface area contributed by atoms with Crippen LogP contribution in [0.1, 0.15) is 13.8 Å². The van der Waals surface area contributed by atoms with Crippen molar-refractivity contribution in [2.24, 2.45) is 0 Å². The van der Waals surface area contributed by atoms with Crippen LogP contribution in [0.15, 0.2) is 23.7 Å². The Labute approximate surface area is 79.3 Å². The van der Waals surface area contributed by atoms with Gasteiger partial charge in [0.15, 0.2) is 0 Å². The van der Waals surface area contributed by atoms with Gasteiger partial charge in [0.2, 0.25) is 0 Å². The minimum absolute atomic E-state index is 0.730. The van der Waals surface area contributed by atoms with Gasteiger partial charge in [0.1, 0.15) is 0 Å². The lowest BCUT2D eigenvalue weighted by Gasteiger charge is -1.96. The molecule has 0 rings (SSSR count). The number of hydrogen-bond acceptors (Lipinski definition) is 3. The molecular formula is C8H14OS2. The predicted octanol–water partition coefficient (Wildman–Crippen LogP) is 2.67. The van der Waals surface area contributed by atoms with Crippen molar-refractivity contribution in [1.82, 2.24) is 0 Å². The Bertz CT molecular complexity index is 143. The van der Waals surface area contributed by atoms with Crippen LogP contribution in [0.2, 0.25) is 0 Å². The van der Waals surface area contributed by atoms with Gasteiger partial charge in [-0.2, -0.15) is 25.3 Å². The first kappa shape index (κ1) is 11.0. The second kappa shape index (κ2) is 6.68. The fourth-order valence-electron chi connectivity index (χ4n) is 0.341. The van der Waals surface area contributed by atoms with Crippen molar-refractivity contribution < 1.29 is 4.74 Å². The first-order valence-electron chi connectivity index (χ1n) is 3.39. The lowest BCUT2D eigenvalue weighted by molar-refractivity contribution is 0.394. The van der Waals surface area contributed by atoms with Crippen molar-refractivity contribution in [2.75, 3.05) is 11.5 Å². The number of thiol groups is 2. The summed E-state index contributed by atoms with van der Waals surface area (Å²) in [6.07, 6.45) is 3.39. The second-order valence-electron chi connectivity index (χ2n) is 2.38. The zero-order valence-corrected chi connectivity index (χ0v) is 8.66. The fourth-order valence-corrected chi connectivity index (χ4v) is 0.490. The van der Waals surface area contributed by atoms with E-state index in [1.165, 1.54) is 0 Å². The lowest BCUT2D eigenvalue weighted by Crippen LogP contribution is -1.81. The summed E-state index contributed by atoms with van der Waals surface area (Å²) >= 11 is 8.16. The fraction of sp³-hybridized carbons (Fsp3) is 0.500. The quantitative estimate of drug-likeness (QED) is 0.512. The molecule has 0 aliphatic carbocycles. The van der Waals surface area contributed by atoms with Crippen molar-refractivity contribution in [2.45, 2.75) is 13.8 Å². The van der Waals surface area contributed by atoms with Crippen LogP contribution < -0.4 is 0 Å². The van der Waals surface area contributed by atoms with Crippen molar-refractivity contribution >= 4 is 25.3 Å². The SMILES string of the molecule is CC(=COC=C(C)CS)CS. The molecule has 0 atom stereocenters. The standard InChI is InChI=1S/C8H14OS2/c1-7(5-10)3-9-4-8(2)6-11/h3-4,10-11H,5-6H2,1-2H3. The average Bonchev–Trinajstić information content (AvgIpc) is 2.04. The minimum Gasteiger partial charge on any atom is -0.473 e. The third-order valence-corrected chi connectivity index (χ3v) is 2.03. The van der Waals surface area contributed by atoms with E-state index in [2.05, 4.69) is 25.3 Å². The molecule has 0 aliphatic heterocycles. The topological polar surface area (TPSA) is 9.23 Å². The summed E-state index contributed by atoms with van der Waals surface area (Å²) in [6.45, 7) is 3.94. The molecule has 0 N–H and O–H groups in total. The highest BCUT2D eigenvalue weighted by molar-refractivity contribution is 7.80. The maximum absolute atomic E-state index is 5.12. The van der Waals surface area contributed by atoms with Crippen molar-refractivity contribution in [3.63, 3.8) is 0 Å². The zero-order valence-electron chi connectivity index (χ0n) is 6.87. The highest BCUT2D eigenvalue weighted by Crippen LogP contribution is 1.99. The Morgan fingerprint density at radius 1 is 1.09 bits per heavy atom. The summed E-state index contributed by atoms with van der Waals surface area (Å²) < 4.78 is 5.12. The second-order valence-corrected chi connectivity index (χ2v) is 3.01. The summed E-state index contributed by atoms with van der Waals surface area (Å²) in [7, 11) is 0. The Balaban J connectivity index is 3.71. The minimum atomic E-state index is 0.730. The Morgan fingerprint density at radius 2 is 1.45 bits per heavy atom. The van der Waals surface area contributed by atoms with E-state index in [-0.39, 0.29) is 0 Å². The molecule has 0 amide bonds. The Morgan fingerprint density at radius 3 is 1.73 bits per heavy atom. The first-order valence-corrected chi connectivity index (χ1v) is 4.65. The highest BCUT2D eigenvalue weighted by atomic mass is 32.1. The normalized spacial score (nSPS) is 13.5. The van der Waals surface area contributed by atoms with Gasteiger partial charge < -0.3 is 4.74 Å². The van der Waals surface area contributed by atoms with Crippen LogP contribution in [-0.4, -0.2) is 11.5 Å². The molecular weight excluding hydrogens is 176 g/mol. The molecule has 0 aromatic heterocycles. The van der Waals surface area contributed by atoms with E-state index in [1.54, 1.807) is 12.5 Å². The molecule has 64 valence electrons. The van der Waals surface area contributed by atoms with E-state index >= 15 is 0 Å². The van der Waals surface area contributed by atoms with Crippen LogP contribution in [0.4, 0.5) is 0 Å². The summed E-state index contributed by atoms with van der Waals surface area (Å²) in [4.78, 5) is 0. The third-order valence-electron chi connectivity index (χ3n) is 1.04. The predicted molar refractivity (Wildman–Crippen MR) is 56.3 cm³/mol. The molecule has 0 saturated heterocycles. The highest BCUT2D eigenvalue weighted by Gasteiger charge is 1.84. The van der Waals surface area contributed by atoms with Gasteiger partial charge in [-0.25, -0.2) is 0 Å². The van der Waals surface area contributed by atoms with E-state index in [9.17, 15) is 0 Å². The van der Waals surface area contributed by atoms with E-state index in [0.29, 0.717) is 0 Å². The van der Waals surface area contributed by atoms with Crippen molar-refractivity contribution in [3.8, 4) is 0 Å². The molecule has 3 heteroatoms. The first-order chi connectivity index (χ1) is 5.20. The Hall–Kier alpha value is -0.0200. The molecule has 0 radical (unpaired) electrons. The molecule has 0 aliphatic rings. The number of ether oxygens (including phenoxy) is 1. The van der Waals surface area contributed by atoms with Gasteiger partial charge >= 0.3 is 0 Å². The van der Waals surface area contributed by atoms with Crippen LogP contribution in [0.25, 0.3) is 0 Å². The largest absolute Gasteiger partial charge is 0.473 e. The molecule has 0 saturated carbocycles. The summed E-state index contributed by atoms with van der Waals surface area (Å²) in [5.41, 5.74) is 2.22. The van der Waals surface area contributed by atoms with Gasteiger partial charge in [-0.05, 0) is 25.0 Å². The molecule has 0 fully saturated rings. The van der Waals surface area contributed by atoms with Gasteiger partial charge in [-0.1, -0.05) is 0 Å². The van der Waals surface area contributed by atoms with E-state index in [1.807, 2.05) is 13.8 Å². The molecule has 0 aromatic rings. The van der Waals surface area contributed by atoms with E-state index in [0.717, 1.165) is 22.7 Å². The van der Waals surface area contributed by atoms with Crippen LogP contribution in [-0.2, 0) is 4.74 Å². The smallest absolute Gasteiger partial charge is 0.0898 e. The van der Waals surface area contributed by atoms with Crippen LogP contribution >= 0.6 is 25.3 Å².